The number of fused-ring (bicyclic) bond motifs is 1. The summed E-state index contributed by atoms with van der Waals surface area (Å²) >= 11 is 5.93. The van der Waals surface area contributed by atoms with E-state index < -0.39 is 0 Å². The van der Waals surface area contributed by atoms with Crippen molar-refractivity contribution in [2.45, 2.75) is 6.42 Å². The third-order valence-electron chi connectivity index (χ3n) is 4.38. The smallest absolute Gasteiger partial charge is 0.161 e. The number of nitriles is 1. The van der Waals surface area contributed by atoms with Gasteiger partial charge in [-0.1, -0.05) is 23.7 Å². The summed E-state index contributed by atoms with van der Waals surface area (Å²) in [6.07, 6.45) is 2.74. The predicted molar refractivity (Wildman–Crippen MR) is 95.1 cm³/mol. The van der Waals surface area contributed by atoms with Crippen LogP contribution in [0.2, 0.25) is 5.02 Å². The van der Waals surface area contributed by atoms with Crippen LogP contribution in [0, 0.1) is 17.2 Å². The molecule has 1 aliphatic rings. The second-order valence-electron chi connectivity index (χ2n) is 6.12. The van der Waals surface area contributed by atoms with Gasteiger partial charge in [0.15, 0.2) is 5.65 Å². The zero-order chi connectivity index (χ0) is 16.5. The molecule has 3 aromatic rings. The number of benzene rings is 1. The Hall–Kier alpha value is -2.64. The molecule has 0 saturated carbocycles. The first-order valence-electron chi connectivity index (χ1n) is 7.88. The minimum atomic E-state index is 0.568. The molecule has 4 nitrogen and oxygen atoms in total. The number of pyridine rings is 2. The van der Waals surface area contributed by atoms with Crippen LogP contribution in [0.5, 0.6) is 0 Å². The Morgan fingerprint density at radius 2 is 2.00 bits per heavy atom. The first-order chi connectivity index (χ1) is 11.7. The average molecular weight is 335 g/mol. The van der Waals surface area contributed by atoms with E-state index in [4.69, 9.17) is 11.6 Å². The number of anilines is 1. The first-order valence-corrected chi connectivity index (χ1v) is 8.26. The van der Waals surface area contributed by atoms with Gasteiger partial charge in [-0.25, -0.2) is 9.97 Å². The van der Waals surface area contributed by atoms with Gasteiger partial charge in [0.05, 0.1) is 5.56 Å². The molecule has 3 heterocycles. The van der Waals surface area contributed by atoms with Crippen molar-refractivity contribution in [2.24, 2.45) is 5.92 Å². The maximum atomic E-state index is 9.42. The van der Waals surface area contributed by atoms with Crippen molar-refractivity contribution < 1.29 is 0 Å². The average Bonchev–Trinajstić information content (AvgIpc) is 2.58. The molecule has 4 rings (SSSR count). The van der Waals surface area contributed by atoms with E-state index in [0.29, 0.717) is 17.1 Å². The summed E-state index contributed by atoms with van der Waals surface area (Å²) in [4.78, 5) is 11.0. The molecule has 0 atom stereocenters. The number of hydrogen-bond acceptors (Lipinski definition) is 4. The lowest BCUT2D eigenvalue weighted by Gasteiger charge is -2.40. The van der Waals surface area contributed by atoms with Gasteiger partial charge in [-0.3, -0.25) is 0 Å². The standard InChI is InChI=1S/C19H15ClN4/c20-17-5-3-13(4-6-17)8-14-11-24(12-14)19-16(10-21)9-15-2-1-7-22-18(15)23-19/h1-7,9,14H,8,11-12H2. The molecule has 0 spiro atoms. The Morgan fingerprint density at radius 1 is 1.21 bits per heavy atom. The normalized spacial score (nSPS) is 14.4. The van der Waals surface area contributed by atoms with Gasteiger partial charge in [0, 0.05) is 29.7 Å². The highest BCUT2D eigenvalue weighted by Crippen LogP contribution is 2.30. The predicted octanol–water partition coefficient (Wildman–Crippen LogP) is 3.83. The monoisotopic (exact) mass is 334 g/mol. The summed E-state index contributed by atoms with van der Waals surface area (Å²) in [6.45, 7) is 1.81. The van der Waals surface area contributed by atoms with Crippen LogP contribution in [0.4, 0.5) is 5.82 Å². The van der Waals surface area contributed by atoms with E-state index in [-0.39, 0.29) is 0 Å². The van der Waals surface area contributed by atoms with Crippen molar-refractivity contribution in [3.63, 3.8) is 0 Å². The van der Waals surface area contributed by atoms with Crippen LogP contribution in [0.25, 0.3) is 11.0 Å². The molecule has 0 amide bonds. The molecule has 1 aromatic carbocycles. The Morgan fingerprint density at radius 3 is 2.75 bits per heavy atom. The second-order valence-corrected chi connectivity index (χ2v) is 6.56. The summed E-state index contributed by atoms with van der Waals surface area (Å²) in [7, 11) is 0. The van der Waals surface area contributed by atoms with E-state index in [2.05, 4.69) is 33.1 Å². The third-order valence-corrected chi connectivity index (χ3v) is 4.64. The third kappa shape index (κ3) is 2.79. The molecule has 0 radical (unpaired) electrons. The summed E-state index contributed by atoms with van der Waals surface area (Å²) in [5, 5.41) is 11.1. The van der Waals surface area contributed by atoms with Crippen LogP contribution in [-0.4, -0.2) is 23.1 Å². The van der Waals surface area contributed by atoms with Crippen molar-refractivity contribution >= 4 is 28.5 Å². The summed E-state index contributed by atoms with van der Waals surface area (Å²) in [5.41, 5.74) is 2.59. The number of halogens is 1. The molecule has 1 fully saturated rings. The van der Waals surface area contributed by atoms with Crippen molar-refractivity contribution in [3.05, 3.63) is 64.8 Å². The topological polar surface area (TPSA) is 52.8 Å². The second kappa shape index (κ2) is 6.10. The van der Waals surface area contributed by atoms with Crippen molar-refractivity contribution in [1.82, 2.24) is 9.97 Å². The first kappa shape index (κ1) is 14.9. The SMILES string of the molecule is N#Cc1cc2cccnc2nc1N1CC(Cc2ccc(Cl)cc2)C1. The van der Waals surface area contributed by atoms with E-state index in [0.717, 1.165) is 35.7 Å². The highest BCUT2D eigenvalue weighted by atomic mass is 35.5. The van der Waals surface area contributed by atoms with E-state index in [9.17, 15) is 5.26 Å². The number of nitrogens with zero attached hydrogens (tertiary/aromatic N) is 4. The highest BCUT2D eigenvalue weighted by molar-refractivity contribution is 6.30. The number of hydrogen-bond donors (Lipinski definition) is 0. The van der Waals surface area contributed by atoms with Crippen LogP contribution in [0.3, 0.4) is 0 Å². The Bertz CT molecular complexity index is 924. The van der Waals surface area contributed by atoms with Crippen LogP contribution >= 0.6 is 11.6 Å². The molecule has 0 unspecified atom stereocenters. The molecule has 1 saturated heterocycles. The van der Waals surface area contributed by atoms with Gasteiger partial charge in [0.2, 0.25) is 0 Å². The minimum absolute atomic E-state index is 0.568. The zero-order valence-corrected chi connectivity index (χ0v) is 13.7. The van der Waals surface area contributed by atoms with Gasteiger partial charge in [0.1, 0.15) is 11.9 Å². The number of rotatable bonds is 3. The van der Waals surface area contributed by atoms with Gasteiger partial charge < -0.3 is 4.90 Å². The summed E-state index contributed by atoms with van der Waals surface area (Å²) in [6, 6.07) is 15.9. The van der Waals surface area contributed by atoms with Crippen LogP contribution < -0.4 is 4.90 Å². The van der Waals surface area contributed by atoms with Gasteiger partial charge in [0.25, 0.3) is 0 Å². The molecule has 0 N–H and O–H groups in total. The lowest BCUT2D eigenvalue weighted by Crippen LogP contribution is -2.48. The Kier molecular flexibility index (Phi) is 3.79. The van der Waals surface area contributed by atoms with E-state index >= 15 is 0 Å². The lowest BCUT2D eigenvalue weighted by atomic mass is 9.92. The quantitative estimate of drug-likeness (QED) is 0.730. The van der Waals surface area contributed by atoms with Crippen molar-refractivity contribution in [2.75, 3.05) is 18.0 Å². The summed E-state index contributed by atoms with van der Waals surface area (Å²) in [5.74, 6) is 1.31. The fourth-order valence-corrected chi connectivity index (χ4v) is 3.27. The van der Waals surface area contributed by atoms with Gasteiger partial charge in [-0.05, 0) is 48.2 Å². The van der Waals surface area contributed by atoms with E-state index in [1.807, 2.05) is 30.3 Å². The minimum Gasteiger partial charge on any atom is -0.355 e. The fraction of sp³-hybridized carbons (Fsp3) is 0.211. The van der Waals surface area contributed by atoms with E-state index in [1.54, 1.807) is 6.20 Å². The molecule has 0 bridgehead atoms. The summed E-state index contributed by atoms with van der Waals surface area (Å²) < 4.78 is 0. The lowest BCUT2D eigenvalue weighted by molar-refractivity contribution is 0.405. The molecular weight excluding hydrogens is 320 g/mol. The maximum Gasteiger partial charge on any atom is 0.161 e. The highest BCUT2D eigenvalue weighted by Gasteiger charge is 2.29. The van der Waals surface area contributed by atoms with Crippen molar-refractivity contribution in [1.29, 1.82) is 5.26 Å². The zero-order valence-electron chi connectivity index (χ0n) is 13.0. The van der Waals surface area contributed by atoms with Gasteiger partial charge in [-0.15, -0.1) is 0 Å². The molecule has 118 valence electrons. The molecule has 24 heavy (non-hydrogen) atoms. The molecule has 5 heteroatoms. The molecule has 0 aliphatic carbocycles. The van der Waals surface area contributed by atoms with Crippen LogP contribution in [0.1, 0.15) is 11.1 Å². The Labute approximate surface area is 145 Å². The number of aromatic nitrogens is 2. The van der Waals surface area contributed by atoms with Gasteiger partial charge >= 0.3 is 0 Å². The fourth-order valence-electron chi connectivity index (χ4n) is 3.15. The van der Waals surface area contributed by atoms with Crippen LogP contribution in [-0.2, 0) is 6.42 Å². The Balaban J connectivity index is 1.51. The van der Waals surface area contributed by atoms with Gasteiger partial charge in [-0.2, -0.15) is 5.26 Å². The largest absolute Gasteiger partial charge is 0.355 e. The van der Waals surface area contributed by atoms with Crippen molar-refractivity contribution in [3.8, 4) is 6.07 Å². The molecular formula is C19H15ClN4. The maximum absolute atomic E-state index is 9.42. The van der Waals surface area contributed by atoms with E-state index in [1.165, 1.54) is 5.56 Å². The van der Waals surface area contributed by atoms with Crippen LogP contribution in [0.15, 0.2) is 48.7 Å². The molecule has 2 aromatic heterocycles. The molecule has 1 aliphatic heterocycles.